The Bertz CT molecular complexity index is 7040. The van der Waals surface area contributed by atoms with Crippen molar-refractivity contribution in [3.8, 4) is 103 Å². The van der Waals surface area contributed by atoms with Crippen LogP contribution in [0.2, 0.25) is 0 Å². The molecule has 0 aliphatic rings. The molecule has 0 atom stereocenters. The largest absolute Gasteiger partial charge is 0.455 e. The lowest BCUT2D eigenvalue weighted by Gasteiger charge is -2.12. The number of para-hydroxylation sites is 10. The van der Waals surface area contributed by atoms with Crippen molar-refractivity contribution in [2.24, 2.45) is 0 Å². The van der Waals surface area contributed by atoms with Crippen molar-refractivity contribution in [1.29, 1.82) is 0 Å². The Hall–Kier alpha value is -14.8. The quantitative estimate of drug-likeness (QED) is 0.127. The lowest BCUT2D eigenvalue weighted by molar-refractivity contribution is 0.614. The zero-order valence-electron chi connectivity index (χ0n) is 56.3. The SMILES string of the molecule is c1ccc(-c2ccc(-c3nc(-c4cccc5oc6c(-c7nc8ccccc8o7)cccc6c45)nc(-n4c5ccccc5c5ccccc54)n3)cc2)cc1.c1ccc(-c2nc(-c3ccc(-n4c5ccccc5c5ccccc54)cc3)nc(-c3cccc4oc5c(-c6nc7ccccc7o6)cccc5c34)n2)cc1. The van der Waals surface area contributed by atoms with Gasteiger partial charge in [-0.25, -0.2) is 29.9 Å². The second-order valence-corrected chi connectivity index (χ2v) is 26.1. The first-order valence-electron chi connectivity index (χ1n) is 35.0. The Kier molecular flexibility index (Phi) is 13.9. The molecule has 0 saturated heterocycles. The van der Waals surface area contributed by atoms with E-state index >= 15 is 0 Å². The topological polar surface area (TPSA) is 166 Å². The minimum Gasteiger partial charge on any atom is -0.455 e. The fourth-order valence-electron chi connectivity index (χ4n) is 15.0. The van der Waals surface area contributed by atoms with Gasteiger partial charge in [0.2, 0.25) is 17.7 Å². The van der Waals surface area contributed by atoms with Crippen LogP contribution in [0.1, 0.15) is 0 Å². The molecule has 0 bridgehead atoms. The first-order chi connectivity index (χ1) is 52.5. The van der Waals surface area contributed by atoms with E-state index in [1.54, 1.807) is 0 Å². The number of nitrogens with zero attached hydrogens (tertiary/aromatic N) is 10. The van der Waals surface area contributed by atoms with Crippen molar-refractivity contribution in [1.82, 2.24) is 49.0 Å². The van der Waals surface area contributed by atoms with E-state index in [0.717, 1.165) is 138 Å². The molecule has 0 fully saturated rings. The fraction of sp³-hybridized carbons (Fsp3) is 0. The van der Waals surface area contributed by atoms with Crippen molar-refractivity contribution in [2.75, 3.05) is 0 Å². The van der Waals surface area contributed by atoms with Gasteiger partial charge in [-0.1, -0.05) is 231 Å². The zero-order chi connectivity index (χ0) is 69.8. The predicted octanol–water partition coefficient (Wildman–Crippen LogP) is 23.4. The van der Waals surface area contributed by atoms with Gasteiger partial charge in [0.05, 0.1) is 33.2 Å². The summed E-state index contributed by atoms with van der Waals surface area (Å²) in [5.74, 6) is 4.40. The molecule has 0 radical (unpaired) electrons. The lowest BCUT2D eigenvalue weighted by atomic mass is 10.0. The predicted molar refractivity (Wildman–Crippen MR) is 422 cm³/mol. The van der Waals surface area contributed by atoms with E-state index in [4.69, 9.17) is 57.5 Å². The summed E-state index contributed by atoms with van der Waals surface area (Å²) in [5.41, 5.74) is 19.5. The molecule has 14 aromatic carbocycles. The highest BCUT2D eigenvalue weighted by atomic mass is 16.4. The average Bonchev–Trinajstić information content (AvgIpc) is 1.77. The molecule has 14 nitrogen and oxygen atoms in total. The highest BCUT2D eigenvalue weighted by Gasteiger charge is 2.26. The van der Waals surface area contributed by atoms with Crippen LogP contribution in [0.15, 0.2) is 345 Å². The Morgan fingerprint density at radius 2 is 0.538 bits per heavy atom. The van der Waals surface area contributed by atoms with Crippen LogP contribution in [0.4, 0.5) is 0 Å². The van der Waals surface area contributed by atoms with E-state index in [2.05, 4.69) is 197 Å². The van der Waals surface area contributed by atoms with Gasteiger partial charge >= 0.3 is 0 Å². The molecule has 8 heterocycles. The summed E-state index contributed by atoms with van der Waals surface area (Å²) < 4.78 is 30.0. The molecule has 0 N–H and O–H groups in total. The van der Waals surface area contributed by atoms with Crippen LogP contribution in [-0.2, 0) is 0 Å². The lowest BCUT2D eigenvalue weighted by Crippen LogP contribution is -2.06. The van der Waals surface area contributed by atoms with Crippen molar-refractivity contribution in [3.63, 3.8) is 0 Å². The van der Waals surface area contributed by atoms with Crippen molar-refractivity contribution >= 4 is 110 Å². The molecule has 22 rings (SSSR count). The number of fused-ring (bicyclic) bond motifs is 14. The van der Waals surface area contributed by atoms with Gasteiger partial charge in [-0.15, -0.1) is 0 Å². The molecule has 496 valence electrons. The second kappa shape index (κ2) is 24.5. The second-order valence-electron chi connectivity index (χ2n) is 26.1. The van der Waals surface area contributed by atoms with E-state index in [1.807, 2.05) is 140 Å². The molecular formula is C92H54N10O4. The third-order valence-corrected chi connectivity index (χ3v) is 19.9. The summed E-state index contributed by atoms with van der Waals surface area (Å²) in [7, 11) is 0. The molecule has 0 aliphatic carbocycles. The molecule has 0 aliphatic heterocycles. The van der Waals surface area contributed by atoms with Gasteiger partial charge in [0.15, 0.2) is 40.3 Å². The van der Waals surface area contributed by atoms with Crippen LogP contribution >= 0.6 is 0 Å². The smallest absolute Gasteiger partial charge is 0.238 e. The summed E-state index contributed by atoms with van der Waals surface area (Å²) in [5, 5.41) is 8.38. The van der Waals surface area contributed by atoms with Gasteiger partial charge in [0.25, 0.3) is 0 Å². The molecule has 0 amide bonds. The van der Waals surface area contributed by atoms with E-state index in [-0.39, 0.29) is 0 Å². The van der Waals surface area contributed by atoms with E-state index in [1.165, 1.54) is 10.8 Å². The summed E-state index contributed by atoms with van der Waals surface area (Å²) in [6, 6.07) is 111. The average molecular weight is 1360 g/mol. The van der Waals surface area contributed by atoms with Gasteiger partial charge < -0.3 is 22.2 Å². The normalized spacial score (nSPS) is 11.8. The van der Waals surface area contributed by atoms with Crippen LogP contribution in [0, 0.1) is 0 Å². The fourth-order valence-corrected chi connectivity index (χ4v) is 15.0. The number of furan rings is 2. The molecule has 0 unspecified atom stereocenters. The summed E-state index contributed by atoms with van der Waals surface area (Å²) in [6.07, 6.45) is 0. The number of hydrogen-bond donors (Lipinski definition) is 0. The van der Waals surface area contributed by atoms with Gasteiger partial charge in [-0.3, -0.25) is 4.57 Å². The Morgan fingerprint density at radius 1 is 0.208 bits per heavy atom. The zero-order valence-corrected chi connectivity index (χ0v) is 56.3. The first kappa shape index (κ1) is 60.0. The number of aromatic nitrogens is 10. The van der Waals surface area contributed by atoms with Gasteiger partial charge in [-0.2, -0.15) is 9.97 Å². The standard InChI is InChI=1S/2C46H27N5O2/c1-2-12-28(13-3-1)43-48-44(29-24-26-30(27-25-29)51-37-20-7-4-14-31(37)32-15-5-8-21-38(32)51)50-45(49-43)34-17-11-23-40-41(34)33-16-10-18-35(42(33)52-40)46-47-36-19-6-9-22-39(36)53-46;1-2-12-28(13-3-1)29-24-26-30(27-25-29)43-48-44(50-46(49-43)51-37-20-7-4-14-31(37)32-15-5-8-21-38(32)51)34-17-11-23-40-41(34)33-16-10-18-35(42(33)52-40)45-47-36-19-6-9-22-39(36)53-45/h2*1-27H. The van der Waals surface area contributed by atoms with Crippen LogP contribution in [0.25, 0.3) is 212 Å². The molecule has 8 aromatic heterocycles. The summed E-state index contributed by atoms with van der Waals surface area (Å²) in [6.45, 7) is 0. The summed E-state index contributed by atoms with van der Waals surface area (Å²) in [4.78, 5) is 40.4. The Morgan fingerprint density at radius 3 is 1.03 bits per heavy atom. The van der Waals surface area contributed by atoms with Crippen LogP contribution in [-0.4, -0.2) is 49.0 Å². The Balaban J connectivity index is 0.000000136. The van der Waals surface area contributed by atoms with Crippen molar-refractivity contribution < 1.29 is 17.7 Å². The van der Waals surface area contributed by atoms with Crippen molar-refractivity contribution in [2.45, 2.75) is 0 Å². The third-order valence-electron chi connectivity index (χ3n) is 19.9. The maximum absolute atomic E-state index is 6.61. The van der Waals surface area contributed by atoms with Gasteiger partial charge in [0.1, 0.15) is 33.4 Å². The monoisotopic (exact) mass is 1360 g/mol. The molecule has 14 heteroatoms. The number of benzene rings is 14. The molecule has 0 spiro atoms. The molecule has 22 aromatic rings. The number of rotatable bonds is 10. The minimum absolute atomic E-state index is 0.507. The van der Waals surface area contributed by atoms with Crippen LogP contribution in [0.3, 0.4) is 0 Å². The highest BCUT2D eigenvalue weighted by molar-refractivity contribution is 6.17. The van der Waals surface area contributed by atoms with Crippen molar-refractivity contribution in [3.05, 3.63) is 328 Å². The van der Waals surface area contributed by atoms with Crippen LogP contribution < -0.4 is 0 Å². The Labute approximate surface area is 603 Å². The van der Waals surface area contributed by atoms with E-state index in [9.17, 15) is 0 Å². The molecular weight excluding hydrogens is 1310 g/mol. The maximum atomic E-state index is 6.61. The maximum Gasteiger partial charge on any atom is 0.238 e. The highest BCUT2D eigenvalue weighted by Crippen LogP contribution is 2.44. The number of hydrogen-bond acceptors (Lipinski definition) is 12. The third kappa shape index (κ3) is 10.0. The van der Waals surface area contributed by atoms with Gasteiger partial charge in [0, 0.05) is 76.6 Å². The molecule has 106 heavy (non-hydrogen) atoms. The van der Waals surface area contributed by atoms with E-state index in [0.29, 0.717) is 63.6 Å². The van der Waals surface area contributed by atoms with Gasteiger partial charge in [-0.05, 0) is 108 Å². The van der Waals surface area contributed by atoms with E-state index < -0.39 is 0 Å². The minimum atomic E-state index is 0.507. The molecule has 0 saturated carbocycles. The summed E-state index contributed by atoms with van der Waals surface area (Å²) >= 11 is 0. The van der Waals surface area contributed by atoms with Crippen LogP contribution in [0.5, 0.6) is 0 Å². The first-order valence-corrected chi connectivity index (χ1v) is 35.0. The number of oxazole rings is 2.